The van der Waals surface area contributed by atoms with E-state index in [1.165, 1.54) is 22.2 Å². The van der Waals surface area contributed by atoms with E-state index < -0.39 is 0 Å². The number of fused-ring (bicyclic) bond motifs is 1. The van der Waals surface area contributed by atoms with Crippen molar-refractivity contribution in [3.63, 3.8) is 0 Å². The molecule has 21 heavy (non-hydrogen) atoms. The average Bonchev–Trinajstić information content (AvgIpc) is 3.07. The Kier molecular flexibility index (Phi) is 3.53. The van der Waals surface area contributed by atoms with Gasteiger partial charge in [-0.1, -0.05) is 0 Å². The minimum absolute atomic E-state index is 0.121. The van der Waals surface area contributed by atoms with Gasteiger partial charge in [0.1, 0.15) is 4.83 Å². The first-order valence-electron chi connectivity index (χ1n) is 6.38. The summed E-state index contributed by atoms with van der Waals surface area (Å²) >= 11 is 1.42. The Morgan fingerprint density at radius 3 is 3.14 bits per heavy atom. The first-order chi connectivity index (χ1) is 10.1. The number of aromatic nitrogens is 4. The van der Waals surface area contributed by atoms with Crippen molar-refractivity contribution in [1.29, 1.82) is 0 Å². The molecule has 3 heterocycles. The topological polar surface area (TPSA) is 92.7 Å². The predicted octanol–water partition coefficient (Wildman–Crippen LogP) is 1.52. The third-order valence-electron chi connectivity index (χ3n) is 3.00. The van der Waals surface area contributed by atoms with Gasteiger partial charge in [-0.15, -0.1) is 11.3 Å². The fourth-order valence-corrected chi connectivity index (χ4v) is 2.69. The maximum atomic E-state index is 12.1. The van der Waals surface area contributed by atoms with Crippen LogP contribution in [0.15, 0.2) is 28.6 Å². The number of hydrogen-bond donors (Lipinski definition) is 2. The third kappa shape index (κ3) is 2.84. The van der Waals surface area contributed by atoms with Crippen molar-refractivity contribution in [3.05, 3.63) is 39.9 Å². The maximum absolute atomic E-state index is 12.1. The number of carbonyl (C=O) groups is 1. The van der Waals surface area contributed by atoms with Crippen molar-refractivity contribution in [2.24, 2.45) is 0 Å². The molecule has 0 aliphatic heterocycles. The first kappa shape index (κ1) is 13.5. The average molecular weight is 303 g/mol. The van der Waals surface area contributed by atoms with Crippen LogP contribution < -0.4 is 10.9 Å². The Morgan fingerprint density at radius 2 is 2.38 bits per heavy atom. The van der Waals surface area contributed by atoms with E-state index in [1.54, 1.807) is 12.1 Å². The van der Waals surface area contributed by atoms with E-state index in [4.69, 9.17) is 0 Å². The number of amides is 1. The Balaban J connectivity index is 1.67. The third-order valence-corrected chi connectivity index (χ3v) is 3.82. The van der Waals surface area contributed by atoms with Crippen molar-refractivity contribution in [2.45, 2.75) is 19.9 Å². The van der Waals surface area contributed by atoms with E-state index in [-0.39, 0.29) is 24.4 Å². The number of aromatic amines is 1. The Morgan fingerprint density at radius 1 is 1.52 bits per heavy atom. The van der Waals surface area contributed by atoms with Gasteiger partial charge < -0.3 is 5.32 Å². The molecule has 3 aromatic rings. The van der Waals surface area contributed by atoms with Crippen LogP contribution in [0.1, 0.15) is 12.1 Å². The lowest BCUT2D eigenvalue weighted by Crippen LogP contribution is -2.23. The molecule has 0 unspecified atom stereocenters. The Labute approximate surface area is 123 Å². The monoisotopic (exact) mass is 303 g/mol. The first-order valence-corrected chi connectivity index (χ1v) is 7.26. The molecule has 0 aliphatic rings. The van der Waals surface area contributed by atoms with Crippen LogP contribution in [0, 0.1) is 6.92 Å². The van der Waals surface area contributed by atoms with Crippen LogP contribution in [-0.4, -0.2) is 25.7 Å². The molecular formula is C13H13N5O2S. The molecule has 0 aromatic carbocycles. The molecule has 0 radical (unpaired) electrons. The minimum atomic E-state index is -0.196. The number of hydrogen-bond acceptors (Lipinski definition) is 5. The zero-order chi connectivity index (χ0) is 14.8. The molecule has 108 valence electrons. The highest BCUT2D eigenvalue weighted by Crippen LogP contribution is 2.13. The van der Waals surface area contributed by atoms with Gasteiger partial charge in [-0.2, -0.15) is 5.10 Å². The van der Waals surface area contributed by atoms with Gasteiger partial charge >= 0.3 is 0 Å². The smallest absolute Gasteiger partial charge is 0.262 e. The van der Waals surface area contributed by atoms with Crippen LogP contribution >= 0.6 is 11.3 Å². The van der Waals surface area contributed by atoms with Crippen molar-refractivity contribution in [3.8, 4) is 0 Å². The van der Waals surface area contributed by atoms with Gasteiger partial charge in [-0.25, -0.2) is 4.98 Å². The van der Waals surface area contributed by atoms with Crippen molar-refractivity contribution in [2.75, 3.05) is 5.32 Å². The molecule has 7 nitrogen and oxygen atoms in total. The molecule has 0 fully saturated rings. The highest BCUT2D eigenvalue weighted by Gasteiger charge is 2.08. The summed E-state index contributed by atoms with van der Waals surface area (Å²) in [5, 5.41) is 11.8. The maximum Gasteiger partial charge on any atom is 0.262 e. The number of anilines is 1. The number of H-pyrrole nitrogens is 1. The molecule has 0 bridgehead atoms. The molecule has 0 saturated carbocycles. The molecule has 1 amide bonds. The van der Waals surface area contributed by atoms with Gasteiger partial charge in [0.15, 0.2) is 5.82 Å². The van der Waals surface area contributed by atoms with Gasteiger partial charge in [0.05, 0.1) is 11.7 Å². The van der Waals surface area contributed by atoms with E-state index >= 15 is 0 Å². The van der Waals surface area contributed by atoms with Crippen molar-refractivity contribution in [1.82, 2.24) is 19.7 Å². The summed E-state index contributed by atoms with van der Waals surface area (Å²) in [6.45, 7) is 2.14. The molecule has 2 N–H and O–H groups in total. The lowest BCUT2D eigenvalue weighted by atomic mass is 10.3. The number of nitrogens with one attached hydrogen (secondary N) is 2. The molecule has 0 saturated heterocycles. The molecular weight excluding hydrogens is 290 g/mol. The molecule has 3 aromatic heterocycles. The number of nitrogens with zero attached hydrogens (tertiary/aromatic N) is 3. The van der Waals surface area contributed by atoms with Gasteiger partial charge in [-0.05, 0) is 18.4 Å². The fourth-order valence-electron chi connectivity index (χ4n) is 1.96. The zero-order valence-corrected chi connectivity index (χ0v) is 12.1. The fraction of sp³-hybridized carbons (Fsp3) is 0.231. The lowest BCUT2D eigenvalue weighted by molar-refractivity contribution is -0.116. The number of rotatable bonds is 4. The largest absolute Gasteiger partial charge is 0.309 e. The van der Waals surface area contributed by atoms with E-state index in [1.807, 2.05) is 12.3 Å². The van der Waals surface area contributed by atoms with Crippen molar-refractivity contribution >= 4 is 33.3 Å². The standard InChI is InChI=1S/C13H13N5O2S/c1-8-6-10(17-16-8)15-11(19)2-4-18-7-14-12-9(13(18)20)3-5-21-12/h3,5-7H,2,4H2,1H3,(H2,15,16,17,19). The SMILES string of the molecule is Cc1cc(NC(=O)CCn2cnc3sccc3c2=O)n[nH]1. The summed E-state index contributed by atoms with van der Waals surface area (Å²) in [6, 6.07) is 3.49. The normalized spacial score (nSPS) is 10.9. The van der Waals surface area contributed by atoms with Gasteiger partial charge in [0, 0.05) is 24.7 Å². The molecule has 0 atom stereocenters. The van der Waals surface area contributed by atoms with E-state index in [2.05, 4.69) is 20.5 Å². The van der Waals surface area contributed by atoms with Gasteiger partial charge in [-0.3, -0.25) is 19.3 Å². The quantitative estimate of drug-likeness (QED) is 0.764. The Hall–Kier alpha value is -2.48. The van der Waals surface area contributed by atoms with Crippen LogP contribution in [-0.2, 0) is 11.3 Å². The van der Waals surface area contributed by atoms with Crippen LogP contribution in [0.5, 0.6) is 0 Å². The second kappa shape index (κ2) is 5.49. The highest BCUT2D eigenvalue weighted by atomic mass is 32.1. The van der Waals surface area contributed by atoms with E-state index in [0.717, 1.165) is 5.69 Å². The molecule has 0 aliphatic carbocycles. The number of aryl methyl sites for hydroxylation is 2. The molecule has 8 heteroatoms. The summed E-state index contributed by atoms with van der Waals surface area (Å²) < 4.78 is 1.45. The second-order valence-electron chi connectivity index (χ2n) is 4.62. The molecule has 0 spiro atoms. The minimum Gasteiger partial charge on any atom is -0.309 e. The number of thiophene rings is 1. The highest BCUT2D eigenvalue weighted by molar-refractivity contribution is 7.16. The van der Waals surface area contributed by atoms with E-state index in [0.29, 0.717) is 16.0 Å². The summed E-state index contributed by atoms with van der Waals surface area (Å²) in [4.78, 5) is 28.9. The molecule has 3 rings (SSSR count). The summed E-state index contributed by atoms with van der Waals surface area (Å²) in [6.07, 6.45) is 1.66. The van der Waals surface area contributed by atoms with Crippen LogP contribution in [0.2, 0.25) is 0 Å². The van der Waals surface area contributed by atoms with E-state index in [9.17, 15) is 9.59 Å². The van der Waals surface area contributed by atoms with Gasteiger partial charge in [0.25, 0.3) is 5.56 Å². The summed E-state index contributed by atoms with van der Waals surface area (Å²) in [5.74, 6) is 0.287. The lowest BCUT2D eigenvalue weighted by Gasteiger charge is -2.05. The number of carbonyl (C=O) groups excluding carboxylic acids is 1. The van der Waals surface area contributed by atoms with Gasteiger partial charge in [0.2, 0.25) is 5.91 Å². The zero-order valence-electron chi connectivity index (χ0n) is 11.3. The Bertz CT molecular complexity index is 847. The van der Waals surface area contributed by atoms with Crippen molar-refractivity contribution < 1.29 is 4.79 Å². The van der Waals surface area contributed by atoms with Crippen LogP contribution in [0.3, 0.4) is 0 Å². The summed E-state index contributed by atoms with van der Waals surface area (Å²) in [7, 11) is 0. The summed E-state index contributed by atoms with van der Waals surface area (Å²) in [5.41, 5.74) is 0.748. The van der Waals surface area contributed by atoms with Crippen LogP contribution in [0.4, 0.5) is 5.82 Å². The van der Waals surface area contributed by atoms with Crippen LogP contribution in [0.25, 0.3) is 10.2 Å². The second-order valence-corrected chi connectivity index (χ2v) is 5.51. The predicted molar refractivity (Wildman–Crippen MR) is 80.5 cm³/mol.